The molecule has 0 aliphatic carbocycles. The molecule has 0 saturated carbocycles. The Morgan fingerprint density at radius 1 is 1.26 bits per heavy atom. The number of hydrogen-bond acceptors (Lipinski definition) is 4. The van der Waals surface area contributed by atoms with E-state index in [-0.39, 0.29) is 11.9 Å². The molecule has 128 valence electrons. The van der Waals surface area contributed by atoms with Crippen LogP contribution in [-0.2, 0) is 16.0 Å². The molecule has 0 amide bonds. The zero-order valence-electron chi connectivity index (χ0n) is 13.8. The number of benzene rings is 1. The first-order valence-corrected chi connectivity index (χ1v) is 8.59. The average molecular weight is 323 g/mol. The van der Waals surface area contributed by atoms with Crippen molar-refractivity contribution in [2.45, 2.75) is 32.4 Å². The smallest absolute Gasteiger partial charge is 0.131 e. The summed E-state index contributed by atoms with van der Waals surface area (Å²) in [6.45, 7) is 7.09. The summed E-state index contributed by atoms with van der Waals surface area (Å²) in [6.07, 6.45) is 2.35. The monoisotopic (exact) mass is 323 g/mol. The van der Waals surface area contributed by atoms with Crippen LogP contribution in [0.3, 0.4) is 0 Å². The van der Waals surface area contributed by atoms with Crippen LogP contribution in [0.4, 0.5) is 4.39 Å². The lowest BCUT2D eigenvalue weighted by Crippen LogP contribution is -2.46. The van der Waals surface area contributed by atoms with Crippen molar-refractivity contribution >= 4 is 0 Å². The molecule has 0 bridgehead atoms. The fourth-order valence-electron chi connectivity index (χ4n) is 3.45. The molecular formula is C18H26FNO3. The first-order valence-electron chi connectivity index (χ1n) is 8.59. The molecule has 0 aromatic heterocycles. The van der Waals surface area contributed by atoms with Gasteiger partial charge in [0.2, 0.25) is 0 Å². The van der Waals surface area contributed by atoms with Gasteiger partial charge < -0.3 is 14.2 Å². The van der Waals surface area contributed by atoms with Crippen LogP contribution in [0, 0.1) is 11.7 Å². The Hall–Kier alpha value is -1.17. The summed E-state index contributed by atoms with van der Waals surface area (Å²) in [5, 5.41) is 0. The van der Waals surface area contributed by atoms with Gasteiger partial charge in [-0.25, -0.2) is 4.39 Å². The lowest BCUT2D eigenvalue weighted by molar-refractivity contribution is -0.0835. The van der Waals surface area contributed by atoms with Gasteiger partial charge in [-0.1, -0.05) is 6.07 Å². The topological polar surface area (TPSA) is 30.9 Å². The quantitative estimate of drug-likeness (QED) is 0.834. The molecule has 0 radical (unpaired) electrons. The average Bonchev–Trinajstić information content (AvgIpc) is 2.59. The van der Waals surface area contributed by atoms with E-state index in [1.54, 1.807) is 6.07 Å². The standard InChI is InChI=1S/C18H26FNO3/c1-2-22-17-5-3-4-16(19)15(17)12-20-8-11-23-18(13-20)14-6-9-21-10-7-14/h3-5,14,18H,2,6-13H2,1H3. The van der Waals surface area contributed by atoms with Gasteiger partial charge in [-0.3, -0.25) is 4.90 Å². The molecule has 2 heterocycles. The van der Waals surface area contributed by atoms with Gasteiger partial charge in [0, 0.05) is 38.4 Å². The lowest BCUT2D eigenvalue weighted by atomic mass is 9.92. The summed E-state index contributed by atoms with van der Waals surface area (Å²) < 4.78 is 31.2. The summed E-state index contributed by atoms with van der Waals surface area (Å²) in [6, 6.07) is 5.06. The summed E-state index contributed by atoms with van der Waals surface area (Å²) in [7, 11) is 0. The summed E-state index contributed by atoms with van der Waals surface area (Å²) in [5.41, 5.74) is 0.655. The van der Waals surface area contributed by atoms with Crippen molar-refractivity contribution in [3.63, 3.8) is 0 Å². The third-order valence-corrected chi connectivity index (χ3v) is 4.73. The zero-order valence-corrected chi connectivity index (χ0v) is 13.8. The van der Waals surface area contributed by atoms with Gasteiger partial charge in [-0.05, 0) is 37.8 Å². The van der Waals surface area contributed by atoms with Crippen molar-refractivity contribution in [2.24, 2.45) is 5.92 Å². The molecule has 23 heavy (non-hydrogen) atoms. The van der Waals surface area contributed by atoms with E-state index in [0.29, 0.717) is 37.0 Å². The second kappa shape index (κ2) is 8.08. The van der Waals surface area contributed by atoms with Crippen LogP contribution in [0.15, 0.2) is 18.2 Å². The first-order chi connectivity index (χ1) is 11.3. The van der Waals surface area contributed by atoms with Gasteiger partial charge >= 0.3 is 0 Å². The summed E-state index contributed by atoms with van der Waals surface area (Å²) in [4.78, 5) is 2.28. The van der Waals surface area contributed by atoms with E-state index in [4.69, 9.17) is 14.2 Å². The minimum atomic E-state index is -0.190. The third kappa shape index (κ3) is 4.22. The maximum absolute atomic E-state index is 14.2. The van der Waals surface area contributed by atoms with Gasteiger partial charge in [-0.2, -0.15) is 0 Å². The molecule has 0 N–H and O–H groups in total. The van der Waals surface area contributed by atoms with Crippen LogP contribution in [0.1, 0.15) is 25.3 Å². The highest BCUT2D eigenvalue weighted by atomic mass is 19.1. The second-order valence-electron chi connectivity index (χ2n) is 6.24. The van der Waals surface area contributed by atoms with Crippen molar-refractivity contribution < 1.29 is 18.6 Å². The van der Waals surface area contributed by atoms with Crippen LogP contribution in [0.25, 0.3) is 0 Å². The maximum Gasteiger partial charge on any atom is 0.131 e. The fourth-order valence-corrected chi connectivity index (χ4v) is 3.45. The highest BCUT2D eigenvalue weighted by molar-refractivity contribution is 5.34. The first kappa shape index (κ1) is 16.7. The fraction of sp³-hybridized carbons (Fsp3) is 0.667. The van der Waals surface area contributed by atoms with Crippen molar-refractivity contribution in [2.75, 3.05) is 39.5 Å². The van der Waals surface area contributed by atoms with E-state index >= 15 is 0 Å². The van der Waals surface area contributed by atoms with Crippen molar-refractivity contribution in [1.82, 2.24) is 4.90 Å². The zero-order chi connectivity index (χ0) is 16.1. The van der Waals surface area contributed by atoms with Crippen LogP contribution in [0.2, 0.25) is 0 Å². The molecule has 1 unspecified atom stereocenters. The Balaban J connectivity index is 1.65. The number of nitrogens with zero attached hydrogens (tertiary/aromatic N) is 1. The van der Waals surface area contributed by atoms with Crippen LogP contribution in [0.5, 0.6) is 5.75 Å². The van der Waals surface area contributed by atoms with Gasteiger partial charge in [-0.15, -0.1) is 0 Å². The predicted octanol–water partition coefficient (Wildman–Crippen LogP) is 2.85. The number of halogens is 1. The van der Waals surface area contributed by atoms with Gasteiger partial charge in [0.1, 0.15) is 11.6 Å². The minimum Gasteiger partial charge on any atom is -0.493 e. The molecule has 3 rings (SSSR count). The molecule has 1 atom stereocenters. The lowest BCUT2D eigenvalue weighted by Gasteiger charge is -2.38. The molecular weight excluding hydrogens is 297 g/mol. The molecule has 1 aromatic carbocycles. The number of rotatable bonds is 5. The van der Waals surface area contributed by atoms with E-state index in [9.17, 15) is 4.39 Å². The Morgan fingerprint density at radius 3 is 2.87 bits per heavy atom. The maximum atomic E-state index is 14.2. The Bertz CT molecular complexity index is 505. The molecule has 1 aromatic rings. The largest absolute Gasteiger partial charge is 0.493 e. The van der Waals surface area contributed by atoms with Crippen LogP contribution >= 0.6 is 0 Å². The van der Waals surface area contributed by atoms with Gasteiger partial charge in [0.15, 0.2) is 0 Å². The predicted molar refractivity (Wildman–Crippen MR) is 86.1 cm³/mol. The van der Waals surface area contributed by atoms with E-state index in [1.165, 1.54) is 6.07 Å². The Morgan fingerprint density at radius 2 is 2.09 bits per heavy atom. The number of hydrogen-bond donors (Lipinski definition) is 0. The summed E-state index contributed by atoms with van der Waals surface area (Å²) in [5.74, 6) is 1.02. The molecule has 2 saturated heterocycles. The molecule has 2 fully saturated rings. The Labute approximate surface area is 137 Å². The van der Waals surface area contributed by atoms with Crippen molar-refractivity contribution in [3.8, 4) is 5.75 Å². The second-order valence-corrected chi connectivity index (χ2v) is 6.24. The van der Waals surface area contributed by atoms with E-state index < -0.39 is 0 Å². The van der Waals surface area contributed by atoms with E-state index in [2.05, 4.69) is 4.90 Å². The SMILES string of the molecule is CCOc1cccc(F)c1CN1CCOC(C2CCOCC2)C1. The van der Waals surface area contributed by atoms with E-state index in [0.717, 1.165) is 39.1 Å². The normalized spacial score (nSPS) is 23.8. The highest BCUT2D eigenvalue weighted by Gasteiger charge is 2.30. The minimum absolute atomic E-state index is 0.190. The van der Waals surface area contributed by atoms with Crippen molar-refractivity contribution in [3.05, 3.63) is 29.6 Å². The molecule has 0 spiro atoms. The Kier molecular flexibility index (Phi) is 5.86. The van der Waals surface area contributed by atoms with Gasteiger partial charge in [0.25, 0.3) is 0 Å². The van der Waals surface area contributed by atoms with Crippen LogP contribution in [-0.4, -0.2) is 50.5 Å². The molecule has 2 aliphatic heterocycles. The third-order valence-electron chi connectivity index (χ3n) is 4.73. The molecule has 2 aliphatic rings. The van der Waals surface area contributed by atoms with E-state index in [1.807, 2.05) is 13.0 Å². The molecule has 5 heteroatoms. The van der Waals surface area contributed by atoms with Crippen molar-refractivity contribution in [1.29, 1.82) is 0 Å². The highest BCUT2D eigenvalue weighted by Crippen LogP contribution is 2.27. The number of ether oxygens (including phenoxy) is 3. The summed E-state index contributed by atoms with van der Waals surface area (Å²) >= 11 is 0. The number of morpholine rings is 1. The molecule has 4 nitrogen and oxygen atoms in total. The van der Waals surface area contributed by atoms with Crippen LogP contribution < -0.4 is 4.74 Å². The van der Waals surface area contributed by atoms with Gasteiger partial charge in [0.05, 0.1) is 19.3 Å².